The number of Topliss-reactive ketones (excluding diaryl/α,β-unsaturated/α-hetero) is 1. The summed E-state index contributed by atoms with van der Waals surface area (Å²) >= 11 is 0. The smallest absolute Gasteiger partial charge is 0.141 e. The summed E-state index contributed by atoms with van der Waals surface area (Å²) in [5, 5.41) is 0. The van der Waals surface area contributed by atoms with Crippen molar-refractivity contribution in [1.82, 2.24) is 0 Å². The van der Waals surface area contributed by atoms with Crippen molar-refractivity contribution in [3.63, 3.8) is 0 Å². The van der Waals surface area contributed by atoms with E-state index in [0.29, 0.717) is 11.7 Å². The van der Waals surface area contributed by atoms with Crippen LogP contribution in [-0.4, -0.2) is 5.78 Å². The summed E-state index contributed by atoms with van der Waals surface area (Å²) in [7, 11) is 0. The van der Waals surface area contributed by atoms with Gasteiger partial charge in [0, 0.05) is 12.3 Å². The third kappa shape index (κ3) is 0.808. The van der Waals surface area contributed by atoms with E-state index in [1.165, 1.54) is 5.57 Å². The minimum Gasteiger partial charge on any atom is -0.299 e. The van der Waals surface area contributed by atoms with Gasteiger partial charge in [0.2, 0.25) is 0 Å². The zero-order valence-corrected chi connectivity index (χ0v) is 5.27. The first kappa shape index (κ1) is 5.54. The van der Waals surface area contributed by atoms with Crippen LogP contribution in [-0.2, 0) is 4.79 Å². The highest BCUT2D eigenvalue weighted by atomic mass is 16.1. The van der Waals surface area contributed by atoms with Gasteiger partial charge >= 0.3 is 0 Å². The Balaban J connectivity index is 2.51. The summed E-state index contributed by atoms with van der Waals surface area (Å²) in [6.45, 7) is 3.98. The van der Waals surface area contributed by atoms with Gasteiger partial charge in [-0.05, 0) is 13.8 Å². The standard InChI is InChI=1S/C7H10O/c1-3-5(2)6-4-7(6)8/h3,6H,4H2,1-2H3. The summed E-state index contributed by atoms with van der Waals surface area (Å²) < 4.78 is 0. The van der Waals surface area contributed by atoms with Gasteiger partial charge in [-0.3, -0.25) is 4.79 Å². The van der Waals surface area contributed by atoms with Crippen LogP contribution in [0.3, 0.4) is 0 Å². The summed E-state index contributed by atoms with van der Waals surface area (Å²) in [5.74, 6) is 0.709. The largest absolute Gasteiger partial charge is 0.299 e. The lowest BCUT2D eigenvalue weighted by atomic mass is 10.2. The highest BCUT2D eigenvalue weighted by Crippen LogP contribution is 2.31. The van der Waals surface area contributed by atoms with Crippen molar-refractivity contribution in [1.29, 1.82) is 0 Å². The van der Waals surface area contributed by atoms with E-state index >= 15 is 0 Å². The molecular formula is C7H10O. The van der Waals surface area contributed by atoms with Crippen LogP contribution in [0.15, 0.2) is 11.6 Å². The Bertz CT molecular complexity index is 144. The fraction of sp³-hybridized carbons (Fsp3) is 0.571. The molecule has 0 saturated heterocycles. The van der Waals surface area contributed by atoms with Crippen molar-refractivity contribution < 1.29 is 4.79 Å². The first-order valence-corrected chi connectivity index (χ1v) is 2.91. The second-order valence-electron chi connectivity index (χ2n) is 2.26. The van der Waals surface area contributed by atoms with Crippen molar-refractivity contribution in [3.8, 4) is 0 Å². The van der Waals surface area contributed by atoms with E-state index < -0.39 is 0 Å². The number of ketones is 1. The predicted octanol–water partition coefficient (Wildman–Crippen LogP) is 1.54. The Labute approximate surface area is 49.4 Å². The molecule has 0 aromatic heterocycles. The van der Waals surface area contributed by atoms with Gasteiger partial charge in [0.05, 0.1) is 0 Å². The van der Waals surface area contributed by atoms with Crippen molar-refractivity contribution in [2.24, 2.45) is 5.92 Å². The molecule has 0 radical (unpaired) electrons. The van der Waals surface area contributed by atoms with Gasteiger partial charge in [0.25, 0.3) is 0 Å². The van der Waals surface area contributed by atoms with Crippen LogP contribution >= 0.6 is 0 Å². The Kier molecular flexibility index (Phi) is 1.20. The maximum atomic E-state index is 10.4. The van der Waals surface area contributed by atoms with Crippen molar-refractivity contribution >= 4 is 5.78 Å². The molecule has 1 rings (SSSR count). The molecule has 1 nitrogen and oxygen atoms in total. The lowest BCUT2D eigenvalue weighted by molar-refractivity contribution is -0.110. The molecule has 0 heterocycles. The molecule has 1 fully saturated rings. The molecule has 0 amide bonds. The minimum absolute atomic E-state index is 0.306. The summed E-state index contributed by atoms with van der Waals surface area (Å²) in [4.78, 5) is 10.4. The fourth-order valence-corrected chi connectivity index (χ4v) is 0.758. The van der Waals surface area contributed by atoms with Crippen molar-refractivity contribution in [2.75, 3.05) is 0 Å². The molecule has 1 saturated carbocycles. The Morgan fingerprint density at radius 1 is 1.88 bits per heavy atom. The van der Waals surface area contributed by atoms with Crippen LogP contribution in [0.5, 0.6) is 0 Å². The SMILES string of the molecule is CC=C(C)C1CC1=O. The van der Waals surface area contributed by atoms with Gasteiger partial charge in [-0.2, -0.15) is 0 Å². The van der Waals surface area contributed by atoms with Crippen molar-refractivity contribution in [3.05, 3.63) is 11.6 Å². The average Bonchev–Trinajstić information content (AvgIpc) is 2.45. The molecule has 1 atom stereocenters. The van der Waals surface area contributed by atoms with E-state index in [4.69, 9.17) is 0 Å². The molecule has 0 bridgehead atoms. The molecule has 0 aromatic rings. The first-order chi connectivity index (χ1) is 3.75. The molecule has 0 N–H and O–H groups in total. The maximum Gasteiger partial charge on any atom is 0.141 e. The molecule has 1 aliphatic rings. The van der Waals surface area contributed by atoms with Crippen LogP contribution in [0.25, 0.3) is 0 Å². The van der Waals surface area contributed by atoms with Gasteiger partial charge in [-0.15, -0.1) is 0 Å². The summed E-state index contributed by atoms with van der Waals surface area (Å²) in [5.41, 5.74) is 1.23. The van der Waals surface area contributed by atoms with Gasteiger partial charge in [0.15, 0.2) is 0 Å². The second kappa shape index (κ2) is 1.73. The summed E-state index contributed by atoms with van der Waals surface area (Å²) in [6.07, 6.45) is 2.80. The van der Waals surface area contributed by atoms with Crippen LogP contribution in [0.2, 0.25) is 0 Å². The topological polar surface area (TPSA) is 17.1 Å². The molecular weight excluding hydrogens is 100 g/mol. The first-order valence-electron chi connectivity index (χ1n) is 2.91. The average molecular weight is 110 g/mol. The molecule has 44 valence electrons. The van der Waals surface area contributed by atoms with Gasteiger partial charge in [0.1, 0.15) is 5.78 Å². The zero-order valence-electron chi connectivity index (χ0n) is 5.27. The molecule has 0 aromatic carbocycles. The molecule has 1 aliphatic carbocycles. The fourth-order valence-electron chi connectivity index (χ4n) is 0.758. The Morgan fingerprint density at radius 3 is 2.50 bits per heavy atom. The number of hydrogen-bond acceptors (Lipinski definition) is 1. The maximum absolute atomic E-state index is 10.4. The molecule has 0 spiro atoms. The van der Waals surface area contributed by atoms with E-state index in [-0.39, 0.29) is 0 Å². The Morgan fingerprint density at radius 2 is 2.38 bits per heavy atom. The van der Waals surface area contributed by atoms with Gasteiger partial charge in [-0.25, -0.2) is 0 Å². The third-order valence-corrected chi connectivity index (χ3v) is 1.64. The predicted molar refractivity (Wildman–Crippen MR) is 32.5 cm³/mol. The second-order valence-corrected chi connectivity index (χ2v) is 2.26. The normalized spacial score (nSPS) is 28.5. The zero-order chi connectivity index (χ0) is 6.15. The van der Waals surface area contributed by atoms with Gasteiger partial charge < -0.3 is 0 Å². The summed E-state index contributed by atoms with van der Waals surface area (Å²) in [6, 6.07) is 0. The molecule has 0 aliphatic heterocycles. The van der Waals surface area contributed by atoms with E-state index in [2.05, 4.69) is 0 Å². The minimum atomic E-state index is 0.306. The highest BCUT2D eigenvalue weighted by molar-refractivity contribution is 5.98. The number of carbonyl (C=O) groups is 1. The number of rotatable bonds is 1. The molecule has 1 heteroatoms. The number of hydrogen-bond donors (Lipinski definition) is 0. The third-order valence-electron chi connectivity index (χ3n) is 1.64. The highest BCUT2D eigenvalue weighted by Gasteiger charge is 2.35. The van der Waals surface area contributed by atoms with E-state index in [1.54, 1.807) is 0 Å². The van der Waals surface area contributed by atoms with E-state index in [9.17, 15) is 4.79 Å². The van der Waals surface area contributed by atoms with E-state index in [1.807, 2.05) is 19.9 Å². The van der Waals surface area contributed by atoms with E-state index in [0.717, 1.165) is 6.42 Å². The lowest BCUT2D eigenvalue weighted by Gasteiger charge is -1.86. The monoisotopic (exact) mass is 110 g/mol. The lowest BCUT2D eigenvalue weighted by Crippen LogP contribution is -1.79. The molecule has 1 unspecified atom stereocenters. The van der Waals surface area contributed by atoms with Crippen LogP contribution in [0.4, 0.5) is 0 Å². The van der Waals surface area contributed by atoms with Gasteiger partial charge in [-0.1, -0.05) is 11.6 Å². The molecule has 8 heavy (non-hydrogen) atoms. The van der Waals surface area contributed by atoms with Crippen LogP contribution in [0, 0.1) is 5.92 Å². The number of allylic oxidation sites excluding steroid dienone is 2. The quantitative estimate of drug-likeness (QED) is 0.468. The van der Waals surface area contributed by atoms with Crippen LogP contribution in [0.1, 0.15) is 20.3 Å². The van der Waals surface area contributed by atoms with Crippen LogP contribution < -0.4 is 0 Å². The number of carbonyl (C=O) groups excluding carboxylic acids is 1. The Hall–Kier alpha value is -0.590. The van der Waals surface area contributed by atoms with Crippen molar-refractivity contribution in [2.45, 2.75) is 20.3 Å².